The average molecular weight is 256 g/mol. The summed E-state index contributed by atoms with van der Waals surface area (Å²) in [5, 5.41) is 9.27. The Hall–Kier alpha value is -0.120. The Morgan fingerprint density at radius 2 is 1.83 bits per heavy atom. The topological polar surface area (TPSA) is 38.7 Å². The van der Waals surface area contributed by atoms with E-state index < -0.39 is 0 Å². The molecule has 0 unspecified atom stereocenters. The van der Waals surface area contributed by atoms with Crippen LogP contribution in [0, 0.1) is 11.3 Å². The lowest BCUT2D eigenvalue weighted by Gasteiger charge is -2.43. The number of aliphatic hydroxyl groups is 1. The van der Waals surface area contributed by atoms with Crippen LogP contribution in [0.25, 0.3) is 0 Å². The number of hydrogen-bond acceptors (Lipinski definition) is 3. The molecule has 2 aliphatic carbocycles. The van der Waals surface area contributed by atoms with Gasteiger partial charge in [-0.25, -0.2) is 0 Å². The quantitative estimate of drug-likeness (QED) is 0.783. The molecule has 3 nitrogen and oxygen atoms in total. The van der Waals surface area contributed by atoms with E-state index in [1.165, 1.54) is 32.1 Å². The molecule has 0 radical (unpaired) electrons. The molecule has 0 aromatic carbocycles. The zero-order valence-electron chi connectivity index (χ0n) is 11.9. The first-order valence-electron chi connectivity index (χ1n) is 7.65. The lowest BCUT2D eigenvalue weighted by Crippen LogP contribution is -2.41. The third-order valence-electron chi connectivity index (χ3n) is 4.79. The maximum absolute atomic E-state index is 9.27. The van der Waals surface area contributed by atoms with Crippen LogP contribution >= 0.6 is 0 Å². The maximum Gasteiger partial charge on any atom is 0.169 e. The minimum absolute atomic E-state index is 0.247. The van der Waals surface area contributed by atoms with Crippen LogP contribution in [0.1, 0.15) is 58.8 Å². The molecule has 106 valence electrons. The molecule has 3 heteroatoms. The van der Waals surface area contributed by atoms with E-state index in [2.05, 4.69) is 0 Å². The fourth-order valence-corrected chi connectivity index (χ4v) is 4.09. The second-order valence-electron chi connectivity index (χ2n) is 5.93. The molecule has 1 saturated heterocycles. The van der Waals surface area contributed by atoms with Crippen molar-refractivity contribution in [3.05, 3.63) is 0 Å². The lowest BCUT2D eigenvalue weighted by molar-refractivity contribution is -0.201. The molecule has 0 aromatic heterocycles. The van der Waals surface area contributed by atoms with Crippen molar-refractivity contribution >= 4 is 0 Å². The van der Waals surface area contributed by atoms with Crippen LogP contribution in [-0.2, 0) is 9.47 Å². The van der Waals surface area contributed by atoms with Gasteiger partial charge < -0.3 is 14.6 Å². The molecule has 1 aliphatic heterocycles. The monoisotopic (exact) mass is 256 g/mol. The molecule has 3 aliphatic rings. The van der Waals surface area contributed by atoms with Crippen molar-refractivity contribution in [3.63, 3.8) is 0 Å². The van der Waals surface area contributed by atoms with Crippen LogP contribution in [-0.4, -0.2) is 30.7 Å². The first-order chi connectivity index (χ1) is 8.76. The predicted octanol–water partition coefficient (Wildman–Crippen LogP) is 3.11. The van der Waals surface area contributed by atoms with E-state index in [1.54, 1.807) is 0 Å². The van der Waals surface area contributed by atoms with Crippen molar-refractivity contribution in [2.75, 3.05) is 19.8 Å². The molecule has 0 aromatic rings. The Morgan fingerprint density at radius 3 is 2.44 bits per heavy atom. The van der Waals surface area contributed by atoms with Crippen molar-refractivity contribution in [2.45, 2.75) is 64.6 Å². The average Bonchev–Trinajstić information content (AvgIpc) is 3.00. The SMILES string of the molecule is CC.OC[C@H]1CC[C@]2(CCCC3(C2)OCCO3)C1. The molecule has 1 N–H and O–H groups in total. The number of aliphatic hydroxyl groups excluding tert-OH is 1. The zero-order valence-corrected chi connectivity index (χ0v) is 11.9. The van der Waals surface area contributed by atoms with Gasteiger partial charge in [0.15, 0.2) is 5.79 Å². The molecule has 0 amide bonds. The summed E-state index contributed by atoms with van der Waals surface area (Å²) < 4.78 is 11.7. The number of rotatable bonds is 1. The molecule has 3 fully saturated rings. The fourth-order valence-electron chi connectivity index (χ4n) is 4.09. The van der Waals surface area contributed by atoms with Gasteiger partial charge in [-0.1, -0.05) is 13.8 Å². The van der Waals surface area contributed by atoms with Gasteiger partial charge in [0.25, 0.3) is 0 Å². The molecule has 3 rings (SSSR count). The lowest BCUT2D eigenvalue weighted by atomic mass is 9.70. The highest BCUT2D eigenvalue weighted by Gasteiger charge is 2.50. The van der Waals surface area contributed by atoms with E-state index in [9.17, 15) is 5.11 Å². The van der Waals surface area contributed by atoms with Crippen LogP contribution in [0.2, 0.25) is 0 Å². The Bertz CT molecular complexity index is 260. The van der Waals surface area contributed by atoms with Gasteiger partial charge in [0.05, 0.1) is 13.2 Å². The van der Waals surface area contributed by atoms with Crippen LogP contribution < -0.4 is 0 Å². The second kappa shape index (κ2) is 5.89. The first-order valence-corrected chi connectivity index (χ1v) is 7.65. The minimum Gasteiger partial charge on any atom is -0.396 e. The first kappa shape index (κ1) is 14.3. The van der Waals surface area contributed by atoms with Gasteiger partial charge >= 0.3 is 0 Å². The van der Waals surface area contributed by atoms with E-state index >= 15 is 0 Å². The van der Waals surface area contributed by atoms with Gasteiger partial charge in [-0.15, -0.1) is 0 Å². The smallest absolute Gasteiger partial charge is 0.169 e. The molecule has 18 heavy (non-hydrogen) atoms. The summed E-state index contributed by atoms with van der Waals surface area (Å²) in [5.74, 6) is 0.277. The van der Waals surface area contributed by atoms with E-state index in [0.717, 1.165) is 26.1 Å². The third-order valence-corrected chi connectivity index (χ3v) is 4.79. The molecular formula is C15H28O3. The van der Waals surface area contributed by atoms with E-state index in [4.69, 9.17) is 9.47 Å². The third kappa shape index (κ3) is 2.73. The summed E-state index contributed by atoms with van der Waals surface area (Å²) >= 11 is 0. The highest BCUT2D eigenvalue weighted by atomic mass is 16.7. The van der Waals surface area contributed by atoms with Gasteiger partial charge in [0, 0.05) is 19.4 Å². The summed E-state index contributed by atoms with van der Waals surface area (Å²) in [5.41, 5.74) is 0.413. The summed E-state index contributed by atoms with van der Waals surface area (Å²) in [7, 11) is 0. The number of ether oxygens (including phenoxy) is 2. The van der Waals surface area contributed by atoms with Crippen molar-refractivity contribution in [1.29, 1.82) is 0 Å². The van der Waals surface area contributed by atoms with Gasteiger partial charge in [0.1, 0.15) is 0 Å². The van der Waals surface area contributed by atoms with Crippen molar-refractivity contribution in [2.24, 2.45) is 11.3 Å². The minimum atomic E-state index is -0.247. The Kier molecular flexibility index (Phi) is 4.68. The van der Waals surface area contributed by atoms with Crippen LogP contribution in [0.4, 0.5) is 0 Å². The van der Waals surface area contributed by atoms with Crippen LogP contribution in [0.15, 0.2) is 0 Å². The molecule has 1 heterocycles. The normalized spacial score (nSPS) is 37.8. The summed E-state index contributed by atoms with van der Waals surface area (Å²) in [4.78, 5) is 0. The van der Waals surface area contributed by atoms with E-state index in [1.807, 2.05) is 13.8 Å². The van der Waals surface area contributed by atoms with Crippen LogP contribution in [0.3, 0.4) is 0 Å². The Labute approximate surface area is 111 Å². The molecule has 2 atom stereocenters. The zero-order chi connectivity index (χ0) is 13.1. The van der Waals surface area contributed by atoms with Gasteiger partial charge in [0.2, 0.25) is 0 Å². The molecule has 2 saturated carbocycles. The van der Waals surface area contributed by atoms with Gasteiger partial charge in [-0.3, -0.25) is 0 Å². The maximum atomic E-state index is 9.27. The van der Waals surface area contributed by atoms with Crippen LogP contribution in [0.5, 0.6) is 0 Å². The Morgan fingerprint density at radius 1 is 1.11 bits per heavy atom. The summed E-state index contributed by atoms with van der Waals surface area (Å²) in [6.45, 7) is 5.88. The highest BCUT2D eigenvalue weighted by molar-refractivity contribution is 4.97. The van der Waals surface area contributed by atoms with Crippen molar-refractivity contribution < 1.29 is 14.6 Å². The van der Waals surface area contributed by atoms with Crippen molar-refractivity contribution in [1.82, 2.24) is 0 Å². The fraction of sp³-hybridized carbons (Fsp3) is 1.00. The highest BCUT2D eigenvalue weighted by Crippen LogP contribution is 2.55. The largest absolute Gasteiger partial charge is 0.396 e. The van der Waals surface area contributed by atoms with E-state index in [-0.39, 0.29) is 5.79 Å². The molecular weight excluding hydrogens is 228 g/mol. The van der Waals surface area contributed by atoms with Crippen molar-refractivity contribution in [3.8, 4) is 0 Å². The summed E-state index contributed by atoms with van der Waals surface area (Å²) in [6.07, 6.45) is 8.28. The second-order valence-corrected chi connectivity index (χ2v) is 5.93. The van der Waals surface area contributed by atoms with Gasteiger partial charge in [-0.05, 0) is 43.4 Å². The molecule has 0 bridgehead atoms. The molecule has 2 spiro atoms. The predicted molar refractivity (Wildman–Crippen MR) is 71.3 cm³/mol. The number of hydrogen-bond donors (Lipinski definition) is 1. The van der Waals surface area contributed by atoms with Gasteiger partial charge in [-0.2, -0.15) is 0 Å². The summed E-state index contributed by atoms with van der Waals surface area (Å²) in [6, 6.07) is 0. The van der Waals surface area contributed by atoms with E-state index in [0.29, 0.717) is 17.9 Å². The standard InChI is InChI=1S/C13H22O3.C2H6/c14-9-11-2-5-12(8-11)3-1-4-13(10-12)15-6-7-16-13;1-2/h11,14H,1-10H2;1-2H3/t11-,12+;/m0./s1. The Balaban J connectivity index is 0.000000574.